The molecule has 0 saturated carbocycles. The lowest BCUT2D eigenvalue weighted by molar-refractivity contribution is 0.354. The SMILES string of the molecule is CN1CC[Si](C)(CN)CC1. The fraction of sp³-hybridized carbons (Fsp3) is 1.00. The molecule has 3 heteroatoms. The van der Waals surface area contributed by atoms with Crippen molar-refractivity contribution >= 4 is 8.07 Å². The number of rotatable bonds is 1. The molecule has 1 aliphatic heterocycles. The van der Waals surface area contributed by atoms with Crippen LogP contribution in [0.2, 0.25) is 18.6 Å². The van der Waals surface area contributed by atoms with E-state index in [2.05, 4.69) is 18.5 Å². The van der Waals surface area contributed by atoms with Crippen LogP contribution >= 0.6 is 0 Å². The molecular formula is C7H18N2Si. The molecule has 0 amide bonds. The summed E-state index contributed by atoms with van der Waals surface area (Å²) in [5.74, 6) is 0. The third-order valence-corrected chi connectivity index (χ3v) is 6.53. The number of nitrogens with zero attached hydrogens (tertiary/aromatic N) is 1. The van der Waals surface area contributed by atoms with Gasteiger partial charge in [0.15, 0.2) is 0 Å². The number of hydrogen-bond acceptors (Lipinski definition) is 2. The molecule has 0 spiro atoms. The monoisotopic (exact) mass is 158 g/mol. The summed E-state index contributed by atoms with van der Waals surface area (Å²) in [7, 11) is 1.28. The molecule has 1 heterocycles. The highest BCUT2D eigenvalue weighted by Crippen LogP contribution is 2.19. The second-order valence-electron chi connectivity index (χ2n) is 3.82. The van der Waals surface area contributed by atoms with Crippen LogP contribution in [0, 0.1) is 0 Å². The van der Waals surface area contributed by atoms with Crippen LogP contribution in [0.5, 0.6) is 0 Å². The Kier molecular flexibility index (Phi) is 2.49. The molecule has 0 bridgehead atoms. The van der Waals surface area contributed by atoms with E-state index in [4.69, 9.17) is 5.73 Å². The molecular weight excluding hydrogens is 140 g/mol. The maximum atomic E-state index is 5.73. The normalized spacial score (nSPS) is 26.7. The first-order chi connectivity index (χ1) is 4.66. The summed E-state index contributed by atoms with van der Waals surface area (Å²) in [5.41, 5.74) is 5.73. The second-order valence-corrected chi connectivity index (χ2v) is 8.85. The molecule has 0 aromatic carbocycles. The third kappa shape index (κ3) is 1.81. The van der Waals surface area contributed by atoms with Crippen LogP contribution in [0.1, 0.15) is 0 Å². The molecule has 0 atom stereocenters. The standard InChI is InChI=1S/C7H18N2Si/c1-9-3-5-10(2,7-8)6-4-9/h3-8H2,1-2H3. The minimum absolute atomic E-state index is 0.916. The first-order valence-corrected chi connectivity index (χ1v) is 7.17. The zero-order valence-electron chi connectivity index (χ0n) is 7.06. The smallest absolute Gasteiger partial charge is 0.0678 e. The summed E-state index contributed by atoms with van der Waals surface area (Å²) in [4.78, 5) is 2.41. The van der Waals surface area contributed by atoms with E-state index in [1.807, 2.05) is 0 Å². The molecule has 10 heavy (non-hydrogen) atoms. The highest BCUT2D eigenvalue weighted by molar-refractivity contribution is 6.79. The molecule has 1 saturated heterocycles. The van der Waals surface area contributed by atoms with Gasteiger partial charge >= 0.3 is 0 Å². The quantitative estimate of drug-likeness (QED) is 0.563. The van der Waals surface area contributed by atoms with Gasteiger partial charge in [0.1, 0.15) is 0 Å². The summed E-state index contributed by atoms with van der Waals surface area (Å²) in [6.45, 7) is 4.99. The van der Waals surface area contributed by atoms with Crippen molar-refractivity contribution < 1.29 is 0 Å². The molecule has 2 N–H and O–H groups in total. The van der Waals surface area contributed by atoms with Crippen LogP contribution in [0.25, 0.3) is 0 Å². The van der Waals surface area contributed by atoms with Gasteiger partial charge in [-0.25, -0.2) is 0 Å². The maximum Gasteiger partial charge on any atom is 0.0678 e. The largest absolute Gasteiger partial charge is 0.333 e. The fourth-order valence-corrected chi connectivity index (χ4v) is 3.86. The Morgan fingerprint density at radius 3 is 2.30 bits per heavy atom. The van der Waals surface area contributed by atoms with Crippen molar-refractivity contribution in [2.45, 2.75) is 18.6 Å². The molecule has 0 aromatic rings. The van der Waals surface area contributed by atoms with Crippen LogP contribution in [0.4, 0.5) is 0 Å². The van der Waals surface area contributed by atoms with Crippen LogP contribution in [-0.4, -0.2) is 39.3 Å². The Labute approximate surface area is 64.4 Å². The topological polar surface area (TPSA) is 29.3 Å². The lowest BCUT2D eigenvalue weighted by Crippen LogP contribution is -2.48. The van der Waals surface area contributed by atoms with Gasteiger partial charge in [0, 0.05) is 0 Å². The van der Waals surface area contributed by atoms with E-state index in [0.717, 1.165) is 6.17 Å². The Morgan fingerprint density at radius 1 is 1.40 bits per heavy atom. The van der Waals surface area contributed by atoms with Crippen molar-refractivity contribution in [2.24, 2.45) is 5.73 Å². The summed E-state index contributed by atoms with van der Waals surface area (Å²) in [6.07, 6.45) is 0.987. The molecule has 2 nitrogen and oxygen atoms in total. The zero-order chi connectivity index (χ0) is 7.61. The molecule has 1 fully saturated rings. The van der Waals surface area contributed by atoms with Crippen LogP contribution in [0.15, 0.2) is 0 Å². The van der Waals surface area contributed by atoms with Crippen molar-refractivity contribution in [1.82, 2.24) is 4.90 Å². The van der Waals surface area contributed by atoms with Crippen molar-refractivity contribution in [1.29, 1.82) is 0 Å². The third-order valence-electron chi connectivity index (χ3n) is 2.69. The van der Waals surface area contributed by atoms with Gasteiger partial charge in [-0.3, -0.25) is 0 Å². The summed E-state index contributed by atoms with van der Waals surface area (Å²) in [5, 5.41) is 0. The number of nitrogens with two attached hydrogens (primary N) is 1. The molecule has 0 aliphatic carbocycles. The predicted octanol–water partition coefficient (Wildman–Crippen LogP) is 0.508. The van der Waals surface area contributed by atoms with Crippen LogP contribution in [0.3, 0.4) is 0 Å². The lowest BCUT2D eigenvalue weighted by Gasteiger charge is -2.35. The minimum Gasteiger partial charge on any atom is -0.333 e. The first kappa shape index (κ1) is 8.24. The van der Waals surface area contributed by atoms with E-state index < -0.39 is 8.07 Å². The van der Waals surface area contributed by atoms with Gasteiger partial charge in [-0.2, -0.15) is 0 Å². The average Bonchev–Trinajstić information content (AvgIpc) is 1.96. The summed E-state index contributed by atoms with van der Waals surface area (Å²) < 4.78 is 0. The van der Waals surface area contributed by atoms with Crippen molar-refractivity contribution in [2.75, 3.05) is 26.3 Å². The highest BCUT2D eigenvalue weighted by atomic mass is 28.3. The molecule has 1 aliphatic rings. The van der Waals surface area contributed by atoms with Gasteiger partial charge < -0.3 is 10.6 Å². The molecule has 1 rings (SSSR count). The van der Waals surface area contributed by atoms with Crippen molar-refractivity contribution in [3.63, 3.8) is 0 Å². The zero-order valence-corrected chi connectivity index (χ0v) is 8.06. The minimum atomic E-state index is -0.916. The molecule has 0 radical (unpaired) electrons. The molecule has 0 unspecified atom stereocenters. The van der Waals surface area contributed by atoms with E-state index >= 15 is 0 Å². The molecule has 0 aromatic heterocycles. The number of hydrogen-bond donors (Lipinski definition) is 1. The van der Waals surface area contributed by atoms with E-state index in [-0.39, 0.29) is 0 Å². The molecule has 60 valence electrons. The van der Waals surface area contributed by atoms with Gasteiger partial charge in [0.2, 0.25) is 0 Å². The Balaban J connectivity index is 2.38. The first-order valence-electron chi connectivity index (χ1n) is 4.05. The summed E-state index contributed by atoms with van der Waals surface area (Å²) in [6, 6.07) is 2.81. The van der Waals surface area contributed by atoms with Gasteiger partial charge in [-0.05, 0) is 38.4 Å². The fourth-order valence-electron chi connectivity index (χ4n) is 1.36. The van der Waals surface area contributed by atoms with Gasteiger partial charge in [0.05, 0.1) is 8.07 Å². The average molecular weight is 158 g/mol. The Bertz CT molecular complexity index is 108. The van der Waals surface area contributed by atoms with Gasteiger partial charge in [-0.15, -0.1) is 0 Å². The van der Waals surface area contributed by atoms with Gasteiger partial charge in [-0.1, -0.05) is 6.55 Å². The van der Waals surface area contributed by atoms with Crippen LogP contribution < -0.4 is 5.73 Å². The van der Waals surface area contributed by atoms with Crippen molar-refractivity contribution in [3.8, 4) is 0 Å². The second kappa shape index (κ2) is 3.03. The lowest BCUT2D eigenvalue weighted by atomic mass is 10.5. The van der Waals surface area contributed by atoms with E-state index in [0.29, 0.717) is 0 Å². The maximum absolute atomic E-state index is 5.73. The van der Waals surface area contributed by atoms with Gasteiger partial charge in [0.25, 0.3) is 0 Å². The summed E-state index contributed by atoms with van der Waals surface area (Å²) >= 11 is 0. The van der Waals surface area contributed by atoms with Crippen molar-refractivity contribution in [3.05, 3.63) is 0 Å². The Hall–Kier alpha value is 0.137. The van der Waals surface area contributed by atoms with E-state index in [9.17, 15) is 0 Å². The predicted molar refractivity (Wildman–Crippen MR) is 47.8 cm³/mol. The Morgan fingerprint density at radius 2 is 1.90 bits per heavy atom. The van der Waals surface area contributed by atoms with E-state index in [1.165, 1.54) is 25.2 Å². The van der Waals surface area contributed by atoms with Crippen LogP contribution in [-0.2, 0) is 0 Å². The highest BCUT2D eigenvalue weighted by Gasteiger charge is 2.28. The van der Waals surface area contributed by atoms with E-state index in [1.54, 1.807) is 0 Å².